The number of carbonyl (C=O) groups excluding carboxylic acids is 1. The van der Waals surface area contributed by atoms with Gasteiger partial charge in [0.05, 0.1) is 0 Å². The van der Waals surface area contributed by atoms with Crippen LogP contribution < -0.4 is 5.32 Å². The van der Waals surface area contributed by atoms with Gasteiger partial charge < -0.3 is 5.32 Å². The predicted octanol–water partition coefficient (Wildman–Crippen LogP) is 5.06. The van der Waals surface area contributed by atoms with Crippen LogP contribution in [0.3, 0.4) is 0 Å². The number of rotatable bonds is 7. The second-order valence-corrected chi connectivity index (χ2v) is 6.71. The second kappa shape index (κ2) is 9.66. The van der Waals surface area contributed by atoms with Gasteiger partial charge in [-0.05, 0) is 29.3 Å². The molecule has 0 saturated heterocycles. The van der Waals surface area contributed by atoms with Crippen molar-refractivity contribution in [2.45, 2.75) is 5.75 Å². The zero-order valence-corrected chi connectivity index (χ0v) is 14.8. The van der Waals surface area contributed by atoms with Crippen LogP contribution in [-0.2, 0) is 10.5 Å². The molecule has 2 rings (SSSR count). The van der Waals surface area contributed by atoms with Gasteiger partial charge in [-0.2, -0.15) is 11.8 Å². The highest BCUT2D eigenvalue weighted by atomic mass is 35.5. The zero-order valence-electron chi connectivity index (χ0n) is 12.5. The molecule has 23 heavy (non-hydrogen) atoms. The van der Waals surface area contributed by atoms with Gasteiger partial charge in [-0.1, -0.05) is 59.6 Å². The van der Waals surface area contributed by atoms with E-state index in [0.717, 1.165) is 27.7 Å². The maximum Gasteiger partial charge on any atom is 0.244 e. The number of hydrogen-bond donors (Lipinski definition) is 1. The molecule has 0 aliphatic heterocycles. The number of carbonyl (C=O) groups is 1. The standard InChI is InChI=1S/C18H17Cl2NOS/c19-16-7-3-1-5-14(16)9-10-18(22)21-11-12-23-13-15-6-2-4-8-17(15)20/h1-10H,11-13H2,(H,21,22)/b10-9+. The number of hydrogen-bond acceptors (Lipinski definition) is 2. The van der Waals surface area contributed by atoms with Crippen LogP contribution in [-0.4, -0.2) is 18.2 Å². The Balaban J connectivity index is 1.67. The van der Waals surface area contributed by atoms with E-state index in [4.69, 9.17) is 23.2 Å². The molecule has 5 heteroatoms. The number of benzene rings is 2. The van der Waals surface area contributed by atoms with Crippen LogP contribution in [0.1, 0.15) is 11.1 Å². The maximum absolute atomic E-state index is 11.7. The van der Waals surface area contributed by atoms with E-state index in [9.17, 15) is 4.79 Å². The van der Waals surface area contributed by atoms with Crippen LogP contribution in [0.5, 0.6) is 0 Å². The molecule has 0 bridgehead atoms. The molecular weight excluding hydrogens is 349 g/mol. The molecule has 1 amide bonds. The van der Waals surface area contributed by atoms with E-state index in [0.29, 0.717) is 11.6 Å². The van der Waals surface area contributed by atoms with Crippen LogP contribution in [0.2, 0.25) is 10.0 Å². The van der Waals surface area contributed by atoms with Gasteiger partial charge in [-0.3, -0.25) is 4.79 Å². The number of thioether (sulfide) groups is 1. The number of nitrogens with one attached hydrogen (secondary N) is 1. The summed E-state index contributed by atoms with van der Waals surface area (Å²) in [6.45, 7) is 0.612. The fourth-order valence-corrected chi connectivity index (χ4v) is 3.22. The van der Waals surface area contributed by atoms with Crippen molar-refractivity contribution in [2.24, 2.45) is 0 Å². The number of amides is 1. The van der Waals surface area contributed by atoms with Crippen molar-refractivity contribution in [3.05, 3.63) is 75.8 Å². The van der Waals surface area contributed by atoms with Crippen molar-refractivity contribution in [3.8, 4) is 0 Å². The molecule has 0 fully saturated rings. The lowest BCUT2D eigenvalue weighted by Gasteiger charge is -2.05. The molecule has 0 aromatic heterocycles. The van der Waals surface area contributed by atoms with Crippen molar-refractivity contribution in [1.29, 1.82) is 0 Å². The third kappa shape index (κ3) is 6.30. The van der Waals surface area contributed by atoms with Gasteiger partial charge in [0.15, 0.2) is 0 Å². The quantitative estimate of drug-likeness (QED) is 0.548. The van der Waals surface area contributed by atoms with E-state index in [1.54, 1.807) is 23.9 Å². The van der Waals surface area contributed by atoms with Crippen molar-refractivity contribution >= 4 is 46.9 Å². The Labute approximate surface area is 150 Å². The second-order valence-electron chi connectivity index (χ2n) is 4.79. The molecule has 2 aromatic carbocycles. The SMILES string of the molecule is O=C(/C=C/c1ccccc1Cl)NCCSCc1ccccc1Cl. The van der Waals surface area contributed by atoms with E-state index in [-0.39, 0.29) is 5.91 Å². The predicted molar refractivity (Wildman–Crippen MR) is 101 cm³/mol. The molecule has 0 spiro atoms. The highest BCUT2D eigenvalue weighted by molar-refractivity contribution is 7.98. The summed E-state index contributed by atoms with van der Waals surface area (Å²) in [6, 6.07) is 15.2. The van der Waals surface area contributed by atoms with E-state index < -0.39 is 0 Å². The molecule has 0 heterocycles. The monoisotopic (exact) mass is 365 g/mol. The summed E-state index contributed by atoms with van der Waals surface area (Å²) in [6.07, 6.45) is 3.22. The summed E-state index contributed by atoms with van der Waals surface area (Å²) >= 11 is 13.9. The summed E-state index contributed by atoms with van der Waals surface area (Å²) in [5.74, 6) is 1.55. The van der Waals surface area contributed by atoms with Gasteiger partial charge in [-0.25, -0.2) is 0 Å². The molecule has 0 aliphatic rings. The Hall–Kier alpha value is -1.42. The molecule has 0 atom stereocenters. The van der Waals surface area contributed by atoms with Crippen LogP contribution in [0.15, 0.2) is 54.6 Å². The van der Waals surface area contributed by atoms with E-state index >= 15 is 0 Å². The Bertz CT molecular complexity index is 688. The van der Waals surface area contributed by atoms with Crippen molar-refractivity contribution in [3.63, 3.8) is 0 Å². The lowest BCUT2D eigenvalue weighted by atomic mass is 10.2. The lowest BCUT2D eigenvalue weighted by Crippen LogP contribution is -2.23. The van der Waals surface area contributed by atoms with Crippen LogP contribution >= 0.6 is 35.0 Å². The maximum atomic E-state index is 11.7. The third-order valence-electron chi connectivity index (χ3n) is 3.08. The fraction of sp³-hybridized carbons (Fsp3) is 0.167. The Morgan fingerprint density at radius 1 is 1.04 bits per heavy atom. The third-order valence-corrected chi connectivity index (χ3v) is 4.80. The van der Waals surface area contributed by atoms with Gasteiger partial charge in [0.1, 0.15) is 0 Å². The van der Waals surface area contributed by atoms with Gasteiger partial charge in [0.25, 0.3) is 0 Å². The normalized spacial score (nSPS) is 10.9. The van der Waals surface area contributed by atoms with Crippen LogP contribution in [0, 0.1) is 0 Å². The summed E-state index contributed by atoms with van der Waals surface area (Å²) in [5, 5.41) is 4.27. The first-order valence-electron chi connectivity index (χ1n) is 7.18. The highest BCUT2D eigenvalue weighted by Crippen LogP contribution is 2.20. The van der Waals surface area contributed by atoms with E-state index in [1.165, 1.54) is 6.08 Å². The fourth-order valence-electron chi connectivity index (χ4n) is 1.88. The molecule has 120 valence electrons. The summed E-state index contributed by atoms with van der Waals surface area (Å²) in [7, 11) is 0. The molecule has 0 radical (unpaired) electrons. The first-order chi connectivity index (χ1) is 11.2. The van der Waals surface area contributed by atoms with Crippen LogP contribution in [0.4, 0.5) is 0 Å². The Kier molecular flexibility index (Phi) is 7.53. The Morgan fingerprint density at radius 3 is 2.48 bits per heavy atom. The molecule has 0 unspecified atom stereocenters. The largest absolute Gasteiger partial charge is 0.352 e. The Morgan fingerprint density at radius 2 is 1.74 bits per heavy atom. The van der Waals surface area contributed by atoms with Crippen molar-refractivity contribution in [2.75, 3.05) is 12.3 Å². The molecule has 2 aromatic rings. The molecule has 0 aliphatic carbocycles. The summed E-state index contributed by atoms with van der Waals surface area (Å²) < 4.78 is 0. The first kappa shape index (κ1) is 17.9. The van der Waals surface area contributed by atoms with Crippen LogP contribution in [0.25, 0.3) is 6.08 Å². The minimum Gasteiger partial charge on any atom is -0.352 e. The first-order valence-corrected chi connectivity index (χ1v) is 9.09. The average Bonchev–Trinajstić information content (AvgIpc) is 2.55. The van der Waals surface area contributed by atoms with E-state index in [2.05, 4.69) is 5.32 Å². The average molecular weight is 366 g/mol. The molecule has 2 nitrogen and oxygen atoms in total. The lowest BCUT2D eigenvalue weighted by molar-refractivity contribution is -0.116. The molecule has 0 saturated carbocycles. The highest BCUT2D eigenvalue weighted by Gasteiger charge is 2.00. The van der Waals surface area contributed by atoms with Gasteiger partial charge in [0, 0.05) is 34.2 Å². The van der Waals surface area contributed by atoms with Gasteiger partial charge >= 0.3 is 0 Å². The van der Waals surface area contributed by atoms with Gasteiger partial charge in [-0.15, -0.1) is 0 Å². The zero-order chi connectivity index (χ0) is 16.5. The van der Waals surface area contributed by atoms with Gasteiger partial charge in [0.2, 0.25) is 5.91 Å². The van der Waals surface area contributed by atoms with Crippen molar-refractivity contribution in [1.82, 2.24) is 5.32 Å². The topological polar surface area (TPSA) is 29.1 Å². The summed E-state index contributed by atoms with van der Waals surface area (Å²) in [4.78, 5) is 11.7. The smallest absolute Gasteiger partial charge is 0.244 e. The summed E-state index contributed by atoms with van der Waals surface area (Å²) in [5.41, 5.74) is 1.95. The minimum atomic E-state index is -0.122. The molecular formula is C18H17Cl2NOS. The number of halogens is 2. The van der Waals surface area contributed by atoms with E-state index in [1.807, 2.05) is 42.5 Å². The van der Waals surface area contributed by atoms with Crippen molar-refractivity contribution < 1.29 is 4.79 Å². The minimum absolute atomic E-state index is 0.122. The molecule has 1 N–H and O–H groups in total.